The summed E-state index contributed by atoms with van der Waals surface area (Å²) in [6, 6.07) is 0. The third-order valence-corrected chi connectivity index (χ3v) is 8.41. The number of rotatable bonds is 21. The molecule has 158 valence electrons. The topological polar surface area (TPSA) is 35.5 Å². The van der Waals surface area contributed by atoms with Crippen LogP contribution in [0.5, 0.6) is 0 Å². The van der Waals surface area contributed by atoms with Crippen molar-refractivity contribution in [1.29, 1.82) is 0 Å². The van der Waals surface area contributed by atoms with Crippen LogP contribution in [0.2, 0.25) is 0 Å². The van der Waals surface area contributed by atoms with Crippen LogP contribution < -0.4 is 0 Å². The van der Waals surface area contributed by atoms with Crippen LogP contribution in [0.3, 0.4) is 0 Å². The van der Waals surface area contributed by atoms with E-state index in [9.17, 15) is 4.57 Å². The molecule has 0 unspecified atom stereocenters. The Kier molecular flexibility index (Phi) is 20.6. The maximum absolute atomic E-state index is 13.0. The van der Waals surface area contributed by atoms with Gasteiger partial charge in [0.1, 0.15) is 0 Å². The summed E-state index contributed by atoms with van der Waals surface area (Å²) < 4.78 is 24.5. The molecule has 0 aromatic carbocycles. The lowest BCUT2D eigenvalue weighted by molar-refractivity contribution is 0.212. The first-order chi connectivity index (χ1) is 12.7. The van der Waals surface area contributed by atoms with Gasteiger partial charge in [-0.05, 0) is 30.6 Å². The van der Waals surface area contributed by atoms with Crippen molar-refractivity contribution in [3.63, 3.8) is 0 Å². The molecule has 0 rings (SSSR count). The Morgan fingerprint density at radius 3 is 1.38 bits per heavy atom. The van der Waals surface area contributed by atoms with Crippen molar-refractivity contribution in [2.45, 2.75) is 117 Å². The van der Waals surface area contributed by atoms with Gasteiger partial charge >= 0.3 is 6.80 Å². The van der Waals surface area contributed by atoms with Crippen molar-refractivity contribution in [2.75, 3.05) is 19.0 Å². The van der Waals surface area contributed by atoms with E-state index >= 15 is 0 Å². The van der Waals surface area contributed by atoms with Gasteiger partial charge in [0.15, 0.2) is 0 Å². The fraction of sp³-hybridized carbons (Fsp3) is 1.00. The van der Waals surface area contributed by atoms with Gasteiger partial charge in [0.05, 0.1) is 13.2 Å². The van der Waals surface area contributed by atoms with E-state index in [4.69, 9.17) is 9.05 Å². The molecule has 0 saturated heterocycles. The van der Waals surface area contributed by atoms with E-state index in [0.717, 1.165) is 37.9 Å². The van der Waals surface area contributed by atoms with Gasteiger partial charge in [0, 0.05) is 5.75 Å². The molecule has 3 nitrogen and oxygen atoms in total. The van der Waals surface area contributed by atoms with E-state index in [1.807, 2.05) is 0 Å². The highest BCUT2D eigenvalue weighted by atomic mass is 32.7. The quantitative estimate of drug-likeness (QED) is 0.140. The number of unbranched alkanes of at least 4 members (excludes halogenated alkanes) is 12. The van der Waals surface area contributed by atoms with Gasteiger partial charge in [0.25, 0.3) is 0 Å². The molecule has 26 heavy (non-hydrogen) atoms. The lowest BCUT2D eigenvalue weighted by Gasteiger charge is -2.18. The largest absolute Gasteiger partial charge is 0.389 e. The first kappa shape index (κ1) is 26.5. The fourth-order valence-electron chi connectivity index (χ4n) is 2.76. The Labute approximate surface area is 168 Å². The maximum Gasteiger partial charge on any atom is 0.389 e. The van der Waals surface area contributed by atoms with E-state index in [2.05, 4.69) is 20.8 Å². The van der Waals surface area contributed by atoms with Gasteiger partial charge < -0.3 is 9.05 Å². The Bertz CT molecular complexity index is 279. The zero-order chi connectivity index (χ0) is 19.3. The SMILES string of the molecule is CCCCCCCOP(=O)(OCCCCCCC)SCCCCCCC. The monoisotopic (exact) mass is 408 g/mol. The standard InChI is InChI=1S/C21H45O3PS/c1-4-7-10-13-16-19-23-25(22,24-20-17-14-11-8-5-2)26-21-18-15-12-9-6-3/h4-21H2,1-3H3. The predicted octanol–water partition coefficient (Wildman–Crippen LogP) is 8.77. The molecule has 0 fully saturated rings. The molecule has 0 saturated carbocycles. The average Bonchev–Trinajstić information content (AvgIpc) is 2.64. The van der Waals surface area contributed by atoms with E-state index < -0.39 is 6.80 Å². The molecule has 5 heteroatoms. The minimum Gasteiger partial charge on any atom is -0.301 e. The Morgan fingerprint density at radius 1 is 0.577 bits per heavy atom. The summed E-state index contributed by atoms with van der Waals surface area (Å²) in [7, 11) is 0. The first-order valence-corrected chi connectivity index (χ1v) is 14.4. The van der Waals surface area contributed by atoms with Crippen LogP contribution in [0, 0.1) is 0 Å². The van der Waals surface area contributed by atoms with E-state index in [1.54, 1.807) is 0 Å². The molecular weight excluding hydrogens is 363 g/mol. The molecule has 0 aromatic heterocycles. The summed E-state index contributed by atoms with van der Waals surface area (Å²) in [5, 5.41) is 0. The summed E-state index contributed by atoms with van der Waals surface area (Å²) in [6.45, 7) is 4.83. The summed E-state index contributed by atoms with van der Waals surface area (Å²) in [4.78, 5) is 0. The molecular formula is C21H45O3PS. The molecule has 0 aromatic rings. The number of hydrogen-bond donors (Lipinski definition) is 0. The molecule has 0 aliphatic rings. The summed E-state index contributed by atoms with van der Waals surface area (Å²) in [6.07, 6.45) is 18.0. The van der Waals surface area contributed by atoms with Crippen LogP contribution in [0.25, 0.3) is 0 Å². The maximum atomic E-state index is 13.0. The molecule has 0 atom stereocenters. The molecule has 0 heterocycles. The third kappa shape index (κ3) is 17.9. The second kappa shape index (κ2) is 20.2. The van der Waals surface area contributed by atoms with Gasteiger partial charge in [-0.25, -0.2) is 4.57 Å². The molecule has 0 aliphatic heterocycles. The second-order valence-electron chi connectivity index (χ2n) is 7.19. The van der Waals surface area contributed by atoms with Gasteiger partial charge in [0.2, 0.25) is 0 Å². The minimum absolute atomic E-state index is 0.569. The number of hydrogen-bond acceptors (Lipinski definition) is 4. The van der Waals surface area contributed by atoms with Crippen molar-refractivity contribution >= 4 is 18.2 Å². The van der Waals surface area contributed by atoms with Crippen LogP contribution >= 0.6 is 18.2 Å². The highest BCUT2D eigenvalue weighted by molar-refractivity contribution is 8.55. The molecule has 0 spiro atoms. The van der Waals surface area contributed by atoms with Crippen LogP contribution in [0.1, 0.15) is 117 Å². The highest BCUT2D eigenvalue weighted by Crippen LogP contribution is 2.61. The van der Waals surface area contributed by atoms with Gasteiger partial charge in [-0.15, -0.1) is 0 Å². The molecule has 0 aliphatic carbocycles. The van der Waals surface area contributed by atoms with Gasteiger partial charge in [-0.1, -0.05) is 97.8 Å². The van der Waals surface area contributed by atoms with Crippen LogP contribution in [-0.4, -0.2) is 19.0 Å². The lowest BCUT2D eigenvalue weighted by Crippen LogP contribution is -1.99. The van der Waals surface area contributed by atoms with E-state index in [0.29, 0.717) is 13.2 Å². The normalized spacial score (nSPS) is 12.0. The highest BCUT2D eigenvalue weighted by Gasteiger charge is 2.25. The average molecular weight is 409 g/mol. The zero-order valence-electron chi connectivity index (χ0n) is 17.8. The Morgan fingerprint density at radius 2 is 0.962 bits per heavy atom. The summed E-state index contributed by atoms with van der Waals surface area (Å²) in [5.74, 6) is 0.882. The third-order valence-electron chi connectivity index (χ3n) is 4.49. The van der Waals surface area contributed by atoms with Crippen LogP contribution in [0.4, 0.5) is 0 Å². The lowest BCUT2D eigenvalue weighted by atomic mass is 10.2. The molecule has 0 N–H and O–H groups in total. The van der Waals surface area contributed by atoms with Crippen LogP contribution in [-0.2, 0) is 13.6 Å². The van der Waals surface area contributed by atoms with Crippen molar-refractivity contribution in [3.8, 4) is 0 Å². The Balaban J connectivity index is 4.04. The molecule has 0 radical (unpaired) electrons. The molecule has 0 amide bonds. The minimum atomic E-state index is -2.97. The van der Waals surface area contributed by atoms with Crippen molar-refractivity contribution in [1.82, 2.24) is 0 Å². The van der Waals surface area contributed by atoms with E-state index in [-0.39, 0.29) is 0 Å². The fourth-order valence-corrected chi connectivity index (χ4v) is 6.20. The van der Waals surface area contributed by atoms with E-state index in [1.165, 1.54) is 75.6 Å². The van der Waals surface area contributed by atoms with Crippen molar-refractivity contribution in [3.05, 3.63) is 0 Å². The zero-order valence-corrected chi connectivity index (χ0v) is 19.5. The molecule has 0 bridgehead atoms. The van der Waals surface area contributed by atoms with Crippen molar-refractivity contribution < 1.29 is 13.6 Å². The smallest absolute Gasteiger partial charge is 0.301 e. The van der Waals surface area contributed by atoms with Crippen molar-refractivity contribution in [2.24, 2.45) is 0 Å². The Hall–Kier alpha value is 0.500. The first-order valence-electron chi connectivity index (χ1n) is 11.2. The predicted molar refractivity (Wildman–Crippen MR) is 118 cm³/mol. The van der Waals surface area contributed by atoms with Gasteiger partial charge in [-0.3, -0.25) is 0 Å². The van der Waals surface area contributed by atoms with Gasteiger partial charge in [-0.2, -0.15) is 0 Å². The van der Waals surface area contributed by atoms with Crippen LogP contribution in [0.15, 0.2) is 0 Å². The second-order valence-corrected chi connectivity index (χ2v) is 11.4. The summed E-state index contributed by atoms with van der Waals surface area (Å²) >= 11 is 1.43. The summed E-state index contributed by atoms with van der Waals surface area (Å²) in [5.41, 5.74) is 0.